The van der Waals surface area contributed by atoms with Crippen LogP contribution < -0.4 is 0 Å². The summed E-state index contributed by atoms with van der Waals surface area (Å²) in [6.07, 6.45) is -21.4. The van der Waals surface area contributed by atoms with Crippen LogP contribution in [0.2, 0.25) is 0 Å². The van der Waals surface area contributed by atoms with Crippen molar-refractivity contribution < 1.29 is 129 Å². The Bertz CT molecular complexity index is 2470. The van der Waals surface area contributed by atoms with Crippen LogP contribution in [0.5, 0.6) is 0 Å². The van der Waals surface area contributed by atoms with Crippen molar-refractivity contribution in [2.75, 3.05) is 19.8 Å². The van der Waals surface area contributed by atoms with E-state index in [0.29, 0.717) is 44.9 Å². The number of carbonyl (C=O) groups excluding carboxylic acids is 9. The van der Waals surface area contributed by atoms with Crippen LogP contribution in [-0.4, -0.2) is 187 Å². The van der Waals surface area contributed by atoms with Crippen LogP contribution in [0.3, 0.4) is 0 Å². The zero-order chi connectivity index (χ0) is 61.3. The minimum Gasteiger partial charge on any atom is -0.481 e. The number of hydrogen-bond donors (Lipinski definition) is 2. The summed E-state index contributed by atoms with van der Waals surface area (Å²) in [5.74, 6) is -9.25. The fraction of sp³-hybridized carbons (Fsp3) is 0.821. The summed E-state index contributed by atoms with van der Waals surface area (Å²) in [5, 5.41) is 22.9. The Hall–Kier alpha value is -5.58. The Kier molecular flexibility index (Phi) is 20.3. The second kappa shape index (κ2) is 26.0. The van der Waals surface area contributed by atoms with Gasteiger partial charge in [-0.3, -0.25) is 47.9 Å². The molecule has 466 valence electrons. The van der Waals surface area contributed by atoms with Gasteiger partial charge in [-0.05, 0) is 86.9 Å². The van der Waals surface area contributed by atoms with Crippen LogP contribution in [-0.2, 0) is 119 Å². The normalized spacial score (nSPS) is 40.8. The fourth-order valence-electron chi connectivity index (χ4n) is 15.0. The molecule has 27 heteroatoms. The lowest BCUT2D eigenvalue weighted by Gasteiger charge is -2.64. The molecule has 0 aromatic carbocycles. The second-order valence-electron chi connectivity index (χ2n) is 23.8. The molecule has 2 N–H and O–H groups in total. The number of ether oxygens (including phenoxy) is 15. The van der Waals surface area contributed by atoms with E-state index >= 15 is 0 Å². The first-order valence-corrected chi connectivity index (χ1v) is 28.1. The van der Waals surface area contributed by atoms with Gasteiger partial charge in [-0.1, -0.05) is 20.3 Å². The molecular formula is C56H80O27. The predicted octanol–water partition coefficient (Wildman–Crippen LogP) is 2.84. The molecule has 3 saturated heterocycles. The third-order valence-electron chi connectivity index (χ3n) is 17.9. The third kappa shape index (κ3) is 14.1. The molecule has 3 aliphatic heterocycles. The lowest BCUT2D eigenvalue weighted by atomic mass is 9.41. The lowest BCUT2D eigenvalue weighted by Crippen LogP contribution is -2.69. The average molecular weight is 1190 g/mol. The van der Waals surface area contributed by atoms with E-state index in [1.165, 1.54) is 0 Å². The third-order valence-corrected chi connectivity index (χ3v) is 17.9. The van der Waals surface area contributed by atoms with Crippen molar-refractivity contribution in [1.29, 1.82) is 0 Å². The molecule has 7 aliphatic rings. The quantitative estimate of drug-likeness (QED) is 0.107. The monoisotopic (exact) mass is 1180 g/mol. The fourth-order valence-corrected chi connectivity index (χ4v) is 15.0. The molecule has 4 saturated carbocycles. The maximum Gasteiger partial charge on any atom is 0.309 e. The van der Waals surface area contributed by atoms with Crippen LogP contribution in [0.1, 0.15) is 141 Å². The standard InChI is InChI=1S/C56H80O27/c1-25-20-55-18-14-38-53(11,16-13-17-54(38,12)52(67)68)39(55)15-19-56(25,24-55)83-51-48(82-50-47(77-34(10)65)45(76-33(9)64)42(73-30(6)61)36(79-50)22-70-27(3)58)46(43(74-31(7)62)37(80-51)23-71-28(4)59)81-49-40(66)44(75-32(8)63)41(72-29(5)60)35(78-49)21-69-26(2)57/h25,35-51,66H,13-24H2,1-12H3,(H,67,68)/t25?,35-,36-,37-,38+,39+,40-,41-,42-,43-,44-,45+,46+,47-,48-,49+,50+,51+,53-,54-,55-,56+/m1/s1. The number of carboxylic acids is 1. The highest BCUT2D eigenvalue weighted by molar-refractivity contribution is 5.75. The van der Waals surface area contributed by atoms with E-state index in [9.17, 15) is 58.2 Å². The molecule has 0 aromatic heterocycles. The molecule has 2 bridgehead atoms. The van der Waals surface area contributed by atoms with Gasteiger partial charge >= 0.3 is 59.7 Å². The highest BCUT2D eigenvalue weighted by atomic mass is 16.8. The van der Waals surface area contributed by atoms with E-state index in [0.717, 1.165) is 75.2 Å². The molecule has 1 spiro atoms. The van der Waals surface area contributed by atoms with E-state index in [1.807, 2.05) is 13.8 Å². The average Bonchev–Trinajstić information content (AvgIpc) is 2.27. The van der Waals surface area contributed by atoms with Crippen LogP contribution in [0.4, 0.5) is 0 Å². The zero-order valence-corrected chi connectivity index (χ0v) is 49.0. The van der Waals surface area contributed by atoms with Gasteiger partial charge in [-0.15, -0.1) is 0 Å². The molecule has 1 unspecified atom stereocenters. The van der Waals surface area contributed by atoms with Crippen molar-refractivity contribution in [3.8, 4) is 0 Å². The highest BCUT2D eigenvalue weighted by Crippen LogP contribution is 2.74. The number of aliphatic carboxylic acids is 1. The highest BCUT2D eigenvalue weighted by Gasteiger charge is 2.70. The summed E-state index contributed by atoms with van der Waals surface area (Å²) in [6.45, 7) is 13.5. The van der Waals surface area contributed by atoms with Gasteiger partial charge in [0.25, 0.3) is 0 Å². The van der Waals surface area contributed by atoms with Gasteiger partial charge < -0.3 is 81.3 Å². The SMILES string of the molecule is CC(=O)OC[C@H]1O[C@@H](O[C@H]2[C@H](O[C@]34CC[C@@H]5[C@](CC[C@H]6[C@@]5(C)CCC[C@@]6(C)C(=O)O)(CC3C)C4)O[C@H](COC(C)=O)[C@@H](OC(C)=O)[C@@H]2O[C@@H]2O[C@H](COC(C)=O)[C@@H](OC(C)=O)[C@H](OC(C)=O)[C@H]2O)[C@H](OC(C)=O)[C@@H](OC(C)=O)[C@@H]1OC(C)=O. The van der Waals surface area contributed by atoms with Gasteiger partial charge in [0, 0.05) is 62.3 Å². The molecule has 0 radical (unpaired) electrons. The van der Waals surface area contributed by atoms with E-state index in [-0.39, 0.29) is 28.6 Å². The van der Waals surface area contributed by atoms with Gasteiger partial charge in [0.2, 0.25) is 0 Å². The van der Waals surface area contributed by atoms with Crippen molar-refractivity contribution >= 4 is 59.7 Å². The van der Waals surface area contributed by atoms with Gasteiger partial charge in [0.1, 0.15) is 56.4 Å². The molecule has 7 rings (SSSR count). The van der Waals surface area contributed by atoms with Gasteiger partial charge in [0.05, 0.1) is 11.0 Å². The molecule has 7 fully saturated rings. The van der Waals surface area contributed by atoms with Crippen molar-refractivity contribution in [3.05, 3.63) is 0 Å². The van der Waals surface area contributed by atoms with Crippen molar-refractivity contribution in [3.63, 3.8) is 0 Å². The topological polar surface area (TPSA) is 350 Å². The zero-order valence-electron chi connectivity index (χ0n) is 49.0. The van der Waals surface area contributed by atoms with Crippen molar-refractivity contribution in [2.24, 2.45) is 34.0 Å². The van der Waals surface area contributed by atoms with E-state index in [4.69, 9.17) is 71.1 Å². The number of aliphatic hydroxyl groups is 1. The van der Waals surface area contributed by atoms with Crippen LogP contribution >= 0.6 is 0 Å². The Morgan fingerprint density at radius 1 is 0.470 bits per heavy atom. The summed E-state index contributed by atoms with van der Waals surface area (Å²) in [7, 11) is 0. The minimum atomic E-state index is -2.11. The molecule has 4 aliphatic carbocycles. The maximum atomic E-state index is 13.4. The largest absolute Gasteiger partial charge is 0.481 e. The van der Waals surface area contributed by atoms with Gasteiger partial charge in [-0.2, -0.15) is 0 Å². The molecule has 0 amide bonds. The minimum absolute atomic E-state index is 0.0818. The van der Waals surface area contributed by atoms with Gasteiger partial charge in [0.15, 0.2) is 55.5 Å². The number of hydrogen-bond acceptors (Lipinski definition) is 26. The Balaban J connectivity index is 1.40. The first-order chi connectivity index (χ1) is 38.8. The van der Waals surface area contributed by atoms with E-state index < -0.39 is 183 Å². The van der Waals surface area contributed by atoms with Crippen molar-refractivity contribution in [2.45, 2.75) is 239 Å². The lowest BCUT2D eigenvalue weighted by molar-refractivity contribution is -0.402. The summed E-state index contributed by atoms with van der Waals surface area (Å²) >= 11 is 0. The number of fused-ring (bicyclic) bond motifs is 3. The van der Waals surface area contributed by atoms with Crippen LogP contribution in [0.25, 0.3) is 0 Å². The Morgan fingerprint density at radius 3 is 1.39 bits per heavy atom. The number of carbonyl (C=O) groups is 10. The number of aliphatic hydroxyl groups excluding tert-OH is 1. The smallest absolute Gasteiger partial charge is 0.309 e. The molecular weight excluding hydrogens is 1100 g/mol. The van der Waals surface area contributed by atoms with E-state index in [2.05, 4.69) is 6.92 Å². The van der Waals surface area contributed by atoms with Crippen LogP contribution in [0, 0.1) is 34.0 Å². The summed E-state index contributed by atoms with van der Waals surface area (Å²) in [5.41, 5.74) is -2.73. The molecule has 22 atom stereocenters. The van der Waals surface area contributed by atoms with Gasteiger partial charge in [-0.25, -0.2) is 0 Å². The molecule has 27 nitrogen and oxygen atoms in total. The molecule has 83 heavy (non-hydrogen) atoms. The first-order valence-electron chi connectivity index (χ1n) is 28.1. The second-order valence-corrected chi connectivity index (χ2v) is 23.8. The number of esters is 9. The Labute approximate surface area is 480 Å². The maximum absolute atomic E-state index is 13.4. The van der Waals surface area contributed by atoms with E-state index in [1.54, 1.807) is 0 Å². The Morgan fingerprint density at radius 2 is 0.892 bits per heavy atom. The summed E-state index contributed by atoms with van der Waals surface area (Å²) < 4.78 is 91.1. The molecule has 3 heterocycles. The summed E-state index contributed by atoms with van der Waals surface area (Å²) in [6, 6.07) is 0. The van der Waals surface area contributed by atoms with Crippen molar-refractivity contribution in [1.82, 2.24) is 0 Å². The summed E-state index contributed by atoms with van der Waals surface area (Å²) in [4.78, 5) is 128. The number of rotatable bonds is 19. The molecule has 0 aromatic rings. The predicted molar refractivity (Wildman–Crippen MR) is 273 cm³/mol. The number of carboxylic acid groups (broad SMARTS) is 1. The van der Waals surface area contributed by atoms with Crippen LogP contribution in [0.15, 0.2) is 0 Å². The first kappa shape index (κ1) is 65.0.